The van der Waals surface area contributed by atoms with Gasteiger partial charge in [-0.25, -0.2) is 0 Å². The first-order valence-electron chi connectivity index (χ1n) is 6.97. The van der Waals surface area contributed by atoms with E-state index in [1.807, 2.05) is 6.92 Å². The average molecular weight is 249 g/mol. The summed E-state index contributed by atoms with van der Waals surface area (Å²) >= 11 is 0. The van der Waals surface area contributed by atoms with Crippen molar-refractivity contribution in [1.82, 2.24) is 15.3 Å². The lowest BCUT2D eigenvalue weighted by atomic mass is 10.0. The molecule has 1 N–H and O–H groups in total. The highest BCUT2D eigenvalue weighted by Gasteiger charge is 2.12. The zero-order valence-corrected chi connectivity index (χ0v) is 11.1. The second-order valence-corrected chi connectivity index (χ2v) is 4.93. The zero-order chi connectivity index (χ0) is 12.6. The van der Waals surface area contributed by atoms with Gasteiger partial charge in [0.05, 0.1) is 18.0 Å². The Bertz CT molecular complexity index is 325. The van der Waals surface area contributed by atoms with Crippen molar-refractivity contribution < 1.29 is 4.74 Å². The minimum Gasteiger partial charge on any atom is -0.372 e. The molecule has 0 saturated carbocycles. The SMILES string of the molecule is C[C@@H](OCCC[C@@H]1CCCCN1)c1cnccn1. The van der Waals surface area contributed by atoms with Crippen molar-refractivity contribution in [1.29, 1.82) is 0 Å². The van der Waals surface area contributed by atoms with Gasteiger partial charge in [0.25, 0.3) is 0 Å². The predicted octanol–water partition coefficient (Wildman–Crippen LogP) is 2.48. The van der Waals surface area contributed by atoms with Gasteiger partial charge in [0.1, 0.15) is 0 Å². The lowest BCUT2D eigenvalue weighted by Crippen LogP contribution is -2.34. The molecule has 0 amide bonds. The van der Waals surface area contributed by atoms with E-state index in [1.54, 1.807) is 18.6 Å². The fourth-order valence-corrected chi connectivity index (χ4v) is 2.37. The highest BCUT2D eigenvalue weighted by atomic mass is 16.5. The average Bonchev–Trinajstić information content (AvgIpc) is 2.45. The number of nitrogens with zero attached hydrogens (tertiary/aromatic N) is 2. The van der Waals surface area contributed by atoms with Gasteiger partial charge in [-0.3, -0.25) is 9.97 Å². The van der Waals surface area contributed by atoms with E-state index < -0.39 is 0 Å². The van der Waals surface area contributed by atoms with Gasteiger partial charge in [-0.15, -0.1) is 0 Å². The van der Waals surface area contributed by atoms with Crippen LogP contribution < -0.4 is 5.32 Å². The third-order valence-electron chi connectivity index (χ3n) is 3.48. The van der Waals surface area contributed by atoms with E-state index in [1.165, 1.54) is 32.2 Å². The summed E-state index contributed by atoms with van der Waals surface area (Å²) in [6.07, 6.45) is 11.6. The standard InChI is InChI=1S/C14H23N3O/c1-12(14-11-15-8-9-17-14)18-10-4-6-13-5-2-3-7-16-13/h8-9,11-13,16H,2-7,10H2,1H3/t12-,13+/m1/s1. The van der Waals surface area contributed by atoms with E-state index in [9.17, 15) is 0 Å². The predicted molar refractivity (Wildman–Crippen MR) is 71.3 cm³/mol. The molecule has 1 aromatic heterocycles. The van der Waals surface area contributed by atoms with Crippen LogP contribution >= 0.6 is 0 Å². The van der Waals surface area contributed by atoms with Crippen LogP contribution in [0.2, 0.25) is 0 Å². The zero-order valence-electron chi connectivity index (χ0n) is 11.1. The topological polar surface area (TPSA) is 47.0 Å². The van der Waals surface area contributed by atoms with Gasteiger partial charge in [0.15, 0.2) is 0 Å². The summed E-state index contributed by atoms with van der Waals surface area (Å²) in [5.74, 6) is 0. The first kappa shape index (κ1) is 13.4. The Morgan fingerprint density at radius 3 is 3.11 bits per heavy atom. The summed E-state index contributed by atoms with van der Waals surface area (Å²) < 4.78 is 5.79. The van der Waals surface area contributed by atoms with Crippen LogP contribution in [-0.2, 0) is 4.74 Å². The lowest BCUT2D eigenvalue weighted by Gasteiger charge is -2.23. The maximum absolute atomic E-state index is 5.79. The second kappa shape index (κ2) is 7.44. The molecule has 100 valence electrons. The van der Waals surface area contributed by atoms with Gasteiger partial charge < -0.3 is 10.1 Å². The number of hydrogen-bond acceptors (Lipinski definition) is 4. The van der Waals surface area contributed by atoms with Crippen molar-refractivity contribution in [3.63, 3.8) is 0 Å². The van der Waals surface area contributed by atoms with E-state index in [4.69, 9.17) is 4.74 Å². The molecule has 2 rings (SSSR count). The highest BCUT2D eigenvalue weighted by Crippen LogP contribution is 2.15. The molecule has 2 heterocycles. The Morgan fingerprint density at radius 1 is 1.44 bits per heavy atom. The van der Waals surface area contributed by atoms with Crippen LogP contribution in [-0.4, -0.2) is 29.2 Å². The minimum absolute atomic E-state index is 0.0398. The summed E-state index contributed by atoms with van der Waals surface area (Å²) in [6.45, 7) is 4.01. The van der Waals surface area contributed by atoms with Crippen molar-refractivity contribution in [3.05, 3.63) is 24.3 Å². The molecular weight excluding hydrogens is 226 g/mol. The molecule has 0 aromatic carbocycles. The molecule has 1 aliphatic heterocycles. The fourth-order valence-electron chi connectivity index (χ4n) is 2.37. The Morgan fingerprint density at radius 2 is 2.39 bits per heavy atom. The summed E-state index contributed by atoms with van der Waals surface area (Å²) in [6, 6.07) is 0.703. The van der Waals surface area contributed by atoms with Gasteiger partial charge in [0.2, 0.25) is 0 Å². The number of rotatable bonds is 6. The Hall–Kier alpha value is -1.00. The molecule has 0 unspecified atom stereocenters. The third-order valence-corrected chi connectivity index (χ3v) is 3.48. The van der Waals surface area contributed by atoms with Crippen molar-refractivity contribution in [2.45, 2.75) is 51.2 Å². The fraction of sp³-hybridized carbons (Fsp3) is 0.714. The van der Waals surface area contributed by atoms with Crippen molar-refractivity contribution in [2.24, 2.45) is 0 Å². The molecular formula is C14H23N3O. The Balaban J connectivity index is 1.60. The first-order chi connectivity index (χ1) is 8.86. The number of aromatic nitrogens is 2. The van der Waals surface area contributed by atoms with Gasteiger partial charge in [0, 0.05) is 25.0 Å². The normalized spacial score (nSPS) is 21.7. The van der Waals surface area contributed by atoms with Crippen LogP contribution in [0, 0.1) is 0 Å². The molecule has 0 radical (unpaired) electrons. The van der Waals surface area contributed by atoms with Crippen molar-refractivity contribution >= 4 is 0 Å². The van der Waals surface area contributed by atoms with E-state index in [0.29, 0.717) is 6.04 Å². The molecule has 0 aliphatic carbocycles. The van der Waals surface area contributed by atoms with E-state index in [0.717, 1.165) is 18.7 Å². The van der Waals surface area contributed by atoms with Crippen molar-refractivity contribution in [2.75, 3.05) is 13.2 Å². The number of hydrogen-bond donors (Lipinski definition) is 1. The first-order valence-corrected chi connectivity index (χ1v) is 6.97. The molecule has 4 heteroatoms. The lowest BCUT2D eigenvalue weighted by molar-refractivity contribution is 0.0582. The molecule has 1 aliphatic rings. The minimum atomic E-state index is 0.0398. The number of nitrogens with one attached hydrogen (secondary N) is 1. The summed E-state index contributed by atoms with van der Waals surface area (Å²) in [7, 11) is 0. The van der Waals surface area contributed by atoms with Crippen LogP contribution in [0.15, 0.2) is 18.6 Å². The molecule has 2 atom stereocenters. The maximum atomic E-state index is 5.79. The van der Waals surface area contributed by atoms with Crippen molar-refractivity contribution in [3.8, 4) is 0 Å². The molecule has 1 fully saturated rings. The van der Waals surface area contributed by atoms with Gasteiger partial charge >= 0.3 is 0 Å². The van der Waals surface area contributed by atoms with Crippen LogP contribution in [0.4, 0.5) is 0 Å². The summed E-state index contributed by atoms with van der Waals surface area (Å²) in [5, 5.41) is 3.56. The smallest absolute Gasteiger partial charge is 0.0982 e. The summed E-state index contributed by atoms with van der Waals surface area (Å²) in [5.41, 5.74) is 0.910. The van der Waals surface area contributed by atoms with Crippen LogP contribution in [0.3, 0.4) is 0 Å². The van der Waals surface area contributed by atoms with Gasteiger partial charge in [-0.1, -0.05) is 6.42 Å². The number of ether oxygens (including phenoxy) is 1. The van der Waals surface area contributed by atoms with Crippen LogP contribution in [0.25, 0.3) is 0 Å². The number of piperidine rings is 1. The van der Waals surface area contributed by atoms with Crippen LogP contribution in [0.1, 0.15) is 50.8 Å². The third kappa shape index (κ3) is 4.35. The monoisotopic (exact) mass is 249 g/mol. The largest absolute Gasteiger partial charge is 0.372 e. The quantitative estimate of drug-likeness (QED) is 0.787. The maximum Gasteiger partial charge on any atom is 0.0982 e. The van der Waals surface area contributed by atoms with E-state index in [2.05, 4.69) is 15.3 Å². The summed E-state index contributed by atoms with van der Waals surface area (Å²) in [4.78, 5) is 8.30. The second-order valence-electron chi connectivity index (χ2n) is 4.93. The molecule has 1 aromatic rings. The molecule has 18 heavy (non-hydrogen) atoms. The molecule has 1 saturated heterocycles. The highest BCUT2D eigenvalue weighted by molar-refractivity contribution is 4.97. The van der Waals surface area contributed by atoms with Gasteiger partial charge in [-0.05, 0) is 39.2 Å². The van der Waals surface area contributed by atoms with E-state index >= 15 is 0 Å². The molecule has 0 bridgehead atoms. The van der Waals surface area contributed by atoms with Gasteiger partial charge in [-0.2, -0.15) is 0 Å². The Labute approximate surface area is 109 Å². The molecule has 0 spiro atoms. The molecule has 4 nitrogen and oxygen atoms in total. The Kier molecular flexibility index (Phi) is 5.55. The van der Waals surface area contributed by atoms with E-state index in [-0.39, 0.29) is 6.10 Å². The van der Waals surface area contributed by atoms with Crippen LogP contribution in [0.5, 0.6) is 0 Å².